The quantitative estimate of drug-likeness (QED) is 0.460. The van der Waals surface area contributed by atoms with E-state index in [0.717, 1.165) is 25.1 Å². The van der Waals surface area contributed by atoms with Crippen molar-refractivity contribution < 1.29 is 22.7 Å². The Balaban J connectivity index is 2.02. The Bertz CT molecular complexity index is 1060. The van der Waals surface area contributed by atoms with Crippen LogP contribution in [-0.4, -0.2) is 32.2 Å². The molecule has 0 bridgehead atoms. The summed E-state index contributed by atoms with van der Waals surface area (Å²) in [5.41, 5.74) is -1.34. The van der Waals surface area contributed by atoms with Gasteiger partial charge < -0.3 is 15.7 Å². The third-order valence-corrected chi connectivity index (χ3v) is 3.99. The monoisotopic (exact) mass is 435 g/mol. The molecular formula is C21H21F4N5O. The Kier molecular flexibility index (Phi) is 6.12. The molecule has 10 heteroatoms. The van der Waals surface area contributed by atoms with Gasteiger partial charge in [-0.1, -0.05) is 6.07 Å². The molecule has 6 nitrogen and oxygen atoms in total. The number of hydrogen-bond acceptors (Lipinski definition) is 6. The summed E-state index contributed by atoms with van der Waals surface area (Å²) < 4.78 is 54.5. The highest BCUT2D eigenvalue weighted by atomic mass is 19.3. The fourth-order valence-electron chi connectivity index (χ4n) is 2.60. The highest BCUT2D eigenvalue weighted by Crippen LogP contribution is 2.28. The van der Waals surface area contributed by atoms with E-state index in [0.29, 0.717) is 0 Å². The number of hydrogen-bond donors (Lipinski definition) is 3. The molecule has 0 unspecified atom stereocenters. The number of nitrogens with one attached hydrogen (secondary N) is 2. The van der Waals surface area contributed by atoms with Crippen LogP contribution in [-0.2, 0) is 5.92 Å². The van der Waals surface area contributed by atoms with E-state index in [4.69, 9.17) is 0 Å². The zero-order chi connectivity index (χ0) is 22.8. The number of nitrogens with zero attached hydrogens (tertiary/aromatic N) is 3. The molecule has 0 amide bonds. The molecule has 0 radical (unpaired) electrons. The predicted octanol–water partition coefficient (Wildman–Crippen LogP) is 4.85. The third kappa shape index (κ3) is 6.35. The van der Waals surface area contributed by atoms with Crippen LogP contribution in [0.1, 0.15) is 26.5 Å². The lowest BCUT2D eigenvalue weighted by molar-refractivity contribution is 0.0129. The third-order valence-electron chi connectivity index (χ3n) is 3.99. The number of rotatable bonds is 7. The number of aromatic nitrogens is 3. The topological polar surface area (TPSA) is 83.0 Å². The van der Waals surface area contributed by atoms with Crippen molar-refractivity contribution in [2.45, 2.75) is 32.3 Å². The van der Waals surface area contributed by atoms with Gasteiger partial charge in [0.15, 0.2) is 5.82 Å². The van der Waals surface area contributed by atoms with E-state index in [-0.39, 0.29) is 35.4 Å². The Hall–Kier alpha value is -3.27. The van der Waals surface area contributed by atoms with E-state index in [1.165, 1.54) is 24.3 Å². The van der Waals surface area contributed by atoms with E-state index >= 15 is 0 Å². The minimum absolute atomic E-state index is 0.00576. The van der Waals surface area contributed by atoms with Gasteiger partial charge in [-0.3, -0.25) is 0 Å². The van der Waals surface area contributed by atoms with Gasteiger partial charge in [-0.05, 0) is 38.1 Å². The van der Waals surface area contributed by atoms with Gasteiger partial charge >= 0.3 is 0 Å². The van der Waals surface area contributed by atoms with Crippen molar-refractivity contribution in [1.29, 1.82) is 0 Å². The van der Waals surface area contributed by atoms with Gasteiger partial charge in [-0.2, -0.15) is 8.78 Å². The molecule has 0 aliphatic carbocycles. The van der Waals surface area contributed by atoms with Crippen LogP contribution in [0.5, 0.6) is 0 Å². The second-order valence-electron chi connectivity index (χ2n) is 7.71. The van der Waals surface area contributed by atoms with E-state index in [1.807, 2.05) is 0 Å². The van der Waals surface area contributed by atoms with Crippen molar-refractivity contribution >= 4 is 17.3 Å². The first-order valence-electron chi connectivity index (χ1n) is 9.33. The van der Waals surface area contributed by atoms with Crippen LogP contribution in [0.25, 0.3) is 11.5 Å². The summed E-state index contributed by atoms with van der Waals surface area (Å²) in [4.78, 5) is 12.5. The Morgan fingerprint density at radius 2 is 1.55 bits per heavy atom. The van der Waals surface area contributed by atoms with Gasteiger partial charge in [0, 0.05) is 31.3 Å². The molecule has 0 atom stereocenters. The molecule has 3 N–H and O–H groups in total. The molecule has 3 rings (SSSR count). The highest BCUT2D eigenvalue weighted by molar-refractivity contribution is 5.63. The number of pyridine rings is 1. The molecule has 31 heavy (non-hydrogen) atoms. The number of halogens is 4. The second kappa shape index (κ2) is 8.46. The fourth-order valence-corrected chi connectivity index (χ4v) is 2.60. The number of benzene rings is 1. The van der Waals surface area contributed by atoms with Gasteiger partial charge in [0.2, 0.25) is 0 Å². The second-order valence-corrected chi connectivity index (χ2v) is 7.71. The number of anilines is 3. The maximum Gasteiger partial charge on any atom is 0.286 e. The van der Waals surface area contributed by atoms with Crippen molar-refractivity contribution in [2.24, 2.45) is 0 Å². The number of aliphatic hydroxyl groups is 1. The smallest absolute Gasteiger partial charge is 0.286 e. The van der Waals surface area contributed by atoms with E-state index in [2.05, 4.69) is 25.6 Å². The molecule has 3 aromatic rings. The fraction of sp³-hybridized carbons (Fsp3) is 0.286. The van der Waals surface area contributed by atoms with E-state index in [9.17, 15) is 22.7 Å². The summed E-state index contributed by atoms with van der Waals surface area (Å²) in [6, 6.07) is 8.40. The molecule has 164 valence electrons. The van der Waals surface area contributed by atoms with Crippen LogP contribution in [0.3, 0.4) is 0 Å². The molecular weight excluding hydrogens is 414 g/mol. The number of alkyl halides is 2. The van der Waals surface area contributed by atoms with E-state index in [1.54, 1.807) is 13.8 Å². The maximum absolute atomic E-state index is 13.7. The highest BCUT2D eigenvalue weighted by Gasteiger charge is 2.26. The van der Waals surface area contributed by atoms with Crippen molar-refractivity contribution in [1.82, 2.24) is 15.0 Å². The largest absolute Gasteiger partial charge is 0.389 e. The zero-order valence-corrected chi connectivity index (χ0v) is 17.0. The average Bonchev–Trinajstić information content (AvgIpc) is 2.64. The zero-order valence-electron chi connectivity index (χ0n) is 17.0. The summed E-state index contributed by atoms with van der Waals surface area (Å²) in [5, 5.41) is 15.6. The predicted molar refractivity (Wildman–Crippen MR) is 109 cm³/mol. The van der Waals surface area contributed by atoms with Gasteiger partial charge in [0.1, 0.15) is 34.7 Å². The summed E-state index contributed by atoms with van der Waals surface area (Å²) in [7, 11) is 0. The summed E-state index contributed by atoms with van der Waals surface area (Å²) in [6.07, 6.45) is 0. The lowest BCUT2D eigenvalue weighted by atomic mass is 10.1. The maximum atomic E-state index is 13.7. The lowest BCUT2D eigenvalue weighted by Gasteiger charge is -2.19. The van der Waals surface area contributed by atoms with Gasteiger partial charge in [0.25, 0.3) is 5.92 Å². The van der Waals surface area contributed by atoms with Gasteiger partial charge in [-0.15, -0.1) is 0 Å². The van der Waals surface area contributed by atoms with Crippen LogP contribution in [0.4, 0.5) is 34.9 Å². The Morgan fingerprint density at radius 3 is 2.16 bits per heavy atom. The first-order valence-corrected chi connectivity index (χ1v) is 9.33. The molecule has 0 saturated carbocycles. The van der Waals surface area contributed by atoms with Crippen LogP contribution in [0.2, 0.25) is 0 Å². The van der Waals surface area contributed by atoms with Crippen LogP contribution in [0, 0.1) is 11.6 Å². The van der Waals surface area contributed by atoms with Crippen LogP contribution in [0.15, 0.2) is 42.5 Å². The molecule has 0 aliphatic rings. The summed E-state index contributed by atoms with van der Waals surface area (Å²) in [6.45, 7) is 4.03. The average molecular weight is 435 g/mol. The SMILES string of the molecule is CC(C)(O)CNc1cc(Nc2cc(F)cc(F)c2)nc(-c2cccc(C(C)(F)F)n2)n1. The van der Waals surface area contributed by atoms with Crippen molar-refractivity contribution in [3.05, 3.63) is 59.8 Å². The molecule has 0 spiro atoms. The van der Waals surface area contributed by atoms with Gasteiger partial charge in [-0.25, -0.2) is 23.7 Å². The van der Waals surface area contributed by atoms with Crippen LogP contribution < -0.4 is 10.6 Å². The molecule has 0 saturated heterocycles. The first-order chi connectivity index (χ1) is 14.4. The van der Waals surface area contributed by atoms with Crippen molar-refractivity contribution in [3.8, 4) is 11.5 Å². The van der Waals surface area contributed by atoms with Gasteiger partial charge in [0.05, 0.1) is 5.60 Å². The van der Waals surface area contributed by atoms with Crippen LogP contribution >= 0.6 is 0 Å². The van der Waals surface area contributed by atoms with Crippen molar-refractivity contribution in [3.63, 3.8) is 0 Å². The first kappa shape index (κ1) is 22.4. The summed E-state index contributed by atoms with van der Waals surface area (Å²) in [5.74, 6) is -4.32. The normalized spacial score (nSPS) is 12.0. The standard InChI is InChI=1S/C21H21F4N5O/c1-20(2,31)11-26-17-10-18(27-14-8-12(22)7-13(23)9-14)30-19(29-17)15-5-4-6-16(28-15)21(3,24)25/h4-10,31H,11H2,1-3H3,(H2,26,27,29,30). The van der Waals surface area contributed by atoms with Crippen molar-refractivity contribution in [2.75, 3.05) is 17.2 Å². The minimum Gasteiger partial charge on any atom is -0.389 e. The molecule has 2 heterocycles. The Labute approximate surface area is 176 Å². The summed E-state index contributed by atoms with van der Waals surface area (Å²) >= 11 is 0. The molecule has 0 fully saturated rings. The Morgan fingerprint density at radius 1 is 0.903 bits per heavy atom. The molecule has 1 aromatic carbocycles. The molecule has 0 aliphatic heterocycles. The lowest BCUT2D eigenvalue weighted by Crippen LogP contribution is -2.29. The van der Waals surface area contributed by atoms with E-state index < -0.39 is 28.9 Å². The molecule has 2 aromatic heterocycles. The minimum atomic E-state index is -3.16.